The average molecular weight is 766 g/mol. The van der Waals surface area contributed by atoms with E-state index in [2.05, 4.69) is 188 Å². The molecule has 0 spiro atoms. The lowest BCUT2D eigenvalue weighted by atomic mass is 9.87. The summed E-state index contributed by atoms with van der Waals surface area (Å²) in [6, 6.07) is 68.1. The highest BCUT2D eigenvalue weighted by molar-refractivity contribution is 7.25. The molecule has 0 saturated heterocycles. The molecule has 0 bridgehead atoms. The van der Waals surface area contributed by atoms with Crippen LogP contribution in [0.2, 0.25) is 0 Å². The number of aromatic nitrogens is 3. The van der Waals surface area contributed by atoms with E-state index in [0.717, 1.165) is 33.2 Å². The zero-order valence-electron chi connectivity index (χ0n) is 31.6. The second-order valence-electron chi connectivity index (χ2n) is 15.5. The second-order valence-corrected chi connectivity index (χ2v) is 16.6. The fourth-order valence-corrected chi connectivity index (χ4v) is 10.7. The molecule has 13 aromatic rings. The number of benzene rings is 10. The topological polar surface area (TPSA) is 38.7 Å². The first-order chi connectivity index (χ1) is 29.2. The second kappa shape index (κ2) is 12.5. The van der Waals surface area contributed by atoms with Crippen LogP contribution in [-0.4, -0.2) is 15.0 Å². The third-order valence-electron chi connectivity index (χ3n) is 12.2. The lowest BCUT2D eigenvalue weighted by molar-refractivity contribution is 1.08. The molecule has 2 aromatic heterocycles. The maximum Gasteiger partial charge on any atom is 0.164 e. The van der Waals surface area contributed by atoms with Gasteiger partial charge in [0.1, 0.15) is 0 Å². The zero-order valence-corrected chi connectivity index (χ0v) is 32.5. The number of nitrogens with zero attached hydrogens (tertiary/aromatic N) is 3. The molecular formula is C55H31N3S. The third-order valence-corrected chi connectivity index (χ3v) is 13.3. The van der Waals surface area contributed by atoms with Crippen molar-refractivity contribution in [3.8, 4) is 45.3 Å². The highest BCUT2D eigenvalue weighted by Crippen LogP contribution is 2.45. The Morgan fingerprint density at radius 1 is 0.271 bits per heavy atom. The van der Waals surface area contributed by atoms with E-state index in [1.165, 1.54) is 79.4 Å². The Kier molecular flexibility index (Phi) is 6.89. The van der Waals surface area contributed by atoms with Crippen LogP contribution in [0.3, 0.4) is 0 Å². The molecule has 0 aliphatic rings. The molecule has 0 atom stereocenters. The van der Waals surface area contributed by atoms with E-state index in [4.69, 9.17) is 15.0 Å². The van der Waals surface area contributed by atoms with E-state index in [1.54, 1.807) is 0 Å². The van der Waals surface area contributed by atoms with Gasteiger partial charge in [0.05, 0.1) is 0 Å². The average Bonchev–Trinajstić information content (AvgIpc) is 3.68. The zero-order chi connectivity index (χ0) is 38.6. The molecular weight excluding hydrogens is 735 g/mol. The first-order valence-electron chi connectivity index (χ1n) is 20.0. The summed E-state index contributed by atoms with van der Waals surface area (Å²) in [5.74, 6) is 1.94. The lowest BCUT2D eigenvalue weighted by Crippen LogP contribution is -2.01. The summed E-state index contributed by atoms with van der Waals surface area (Å²) in [5, 5.41) is 17.4. The fraction of sp³-hybridized carbons (Fsp3) is 0. The van der Waals surface area contributed by atoms with Gasteiger partial charge in [0.25, 0.3) is 0 Å². The minimum absolute atomic E-state index is 0.642. The van der Waals surface area contributed by atoms with Gasteiger partial charge in [-0.05, 0) is 100 Å². The third kappa shape index (κ3) is 4.91. The van der Waals surface area contributed by atoms with Gasteiger partial charge in [-0.1, -0.05) is 164 Å². The van der Waals surface area contributed by atoms with Gasteiger partial charge >= 0.3 is 0 Å². The van der Waals surface area contributed by atoms with Gasteiger partial charge in [0.15, 0.2) is 17.5 Å². The molecule has 4 heteroatoms. The van der Waals surface area contributed by atoms with Crippen molar-refractivity contribution in [1.29, 1.82) is 0 Å². The number of fused-ring (bicyclic) bond motifs is 5. The van der Waals surface area contributed by atoms with E-state index in [9.17, 15) is 0 Å². The predicted octanol–water partition coefficient (Wildman–Crippen LogP) is 15.3. The molecule has 0 fully saturated rings. The van der Waals surface area contributed by atoms with Crippen molar-refractivity contribution in [1.82, 2.24) is 15.0 Å². The molecule has 0 aliphatic heterocycles. The Morgan fingerprint density at radius 3 is 1.51 bits per heavy atom. The summed E-state index contributed by atoms with van der Waals surface area (Å²) < 4.78 is 2.49. The van der Waals surface area contributed by atoms with Crippen LogP contribution in [0, 0.1) is 0 Å². The molecule has 0 unspecified atom stereocenters. The van der Waals surface area contributed by atoms with Crippen molar-refractivity contribution < 1.29 is 0 Å². The molecule has 0 saturated carbocycles. The Balaban J connectivity index is 1.14. The highest BCUT2D eigenvalue weighted by Gasteiger charge is 2.20. The van der Waals surface area contributed by atoms with Crippen LogP contribution >= 0.6 is 11.3 Å². The predicted molar refractivity (Wildman–Crippen MR) is 251 cm³/mol. The Labute approximate surface area is 342 Å². The minimum Gasteiger partial charge on any atom is -0.208 e. The quantitative estimate of drug-likeness (QED) is 0.168. The summed E-state index contributed by atoms with van der Waals surface area (Å²) in [5.41, 5.74) is 5.07. The normalized spacial score (nSPS) is 12.1. The van der Waals surface area contributed by atoms with Gasteiger partial charge in [-0.15, -0.1) is 11.3 Å². The van der Waals surface area contributed by atoms with Crippen molar-refractivity contribution in [3.05, 3.63) is 188 Å². The molecule has 0 amide bonds. The van der Waals surface area contributed by atoms with Gasteiger partial charge in [0.2, 0.25) is 0 Å². The molecule has 11 aromatic carbocycles. The SMILES string of the molecule is c1ccc(-c2ccccc2-c2nc(-c3ccc4c(c3)sc3ccccc34)nc(-c3cc4ccc5cccc6c7cccc8ccc9cccc(c(c3)c4c56)c9c87)n2)cc1. The van der Waals surface area contributed by atoms with Gasteiger partial charge in [0, 0.05) is 36.9 Å². The summed E-state index contributed by atoms with van der Waals surface area (Å²) in [4.78, 5) is 16.1. The van der Waals surface area contributed by atoms with Crippen LogP contribution in [0.25, 0.3) is 130 Å². The van der Waals surface area contributed by atoms with Crippen molar-refractivity contribution >= 4 is 96.1 Å². The van der Waals surface area contributed by atoms with Crippen molar-refractivity contribution in [2.24, 2.45) is 0 Å². The van der Waals surface area contributed by atoms with Crippen LogP contribution in [-0.2, 0) is 0 Å². The van der Waals surface area contributed by atoms with Crippen LogP contribution in [0.15, 0.2) is 188 Å². The molecule has 0 N–H and O–H groups in total. The number of thiophene rings is 1. The standard InChI is InChI=1S/C55H31N3S/c1-2-11-32(12-3-1)39-16-4-5-18-45(39)55-57-53(37-27-28-41-40-17-6-7-22-47(40)59-48(41)31-37)56-54(58-55)38-29-36-26-25-35-14-9-20-43-42-19-8-13-33-23-24-34-15-10-21-44(51(34)49(33)42)46(30-38)52(36)50(35)43/h1-31H. The van der Waals surface area contributed by atoms with E-state index in [-0.39, 0.29) is 0 Å². The first-order valence-corrected chi connectivity index (χ1v) is 20.8. The summed E-state index contributed by atoms with van der Waals surface area (Å²) in [7, 11) is 0. The Hall–Kier alpha value is -7.53. The van der Waals surface area contributed by atoms with Crippen LogP contribution in [0.4, 0.5) is 0 Å². The van der Waals surface area contributed by atoms with Crippen LogP contribution in [0.5, 0.6) is 0 Å². The molecule has 59 heavy (non-hydrogen) atoms. The maximum absolute atomic E-state index is 5.39. The number of hydrogen-bond acceptors (Lipinski definition) is 4. The van der Waals surface area contributed by atoms with E-state index >= 15 is 0 Å². The summed E-state index contributed by atoms with van der Waals surface area (Å²) >= 11 is 1.81. The van der Waals surface area contributed by atoms with Crippen molar-refractivity contribution in [2.75, 3.05) is 0 Å². The maximum atomic E-state index is 5.39. The molecule has 2 heterocycles. The summed E-state index contributed by atoms with van der Waals surface area (Å²) in [6.45, 7) is 0. The van der Waals surface area contributed by atoms with E-state index in [1.807, 2.05) is 11.3 Å². The van der Waals surface area contributed by atoms with Gasteiger partial charge in [-0.25, -0.2) is 15.0 Å². The van der Waals surface area contributed by atoms with Gasteiger partial charge in [-0.2, -0.15) is 0 Å². The monoisotopic (exact) mass is 765 g/mol. The minimum atomic E-state index is 0.642. The number of hydrogen-bond donors (Lipinski definition) is 0. The Morgan fingerprint density at radius 2 is 0.797 bits per heavy atom. The van der Waals surface area contributed by atoms with Gasteiger partial charge < -0.3 is 0 Å². The molecule has 13 rings (SSSR count). The number of rotatable bonds is 4. The van der Waals surface area contributed by atoms with Gasteiger partial charge in [-0.3, -0.25) is 0 Å². The van der Waals surface area contributed by atoms with Crippen LogP contribution < -0.4 is 0 Å². The molecule has 0 aliphatic carbocycles. The first kappa shape index (κ1) is 32.5. The van der Waals surface area contributed by atoms with E-state index in [0.29, 0.717) is 17.5 Å². The summed E-state index contributed by atoms with van der Waals surface area (Å²) in [6.07, 6.45) is 0. The molecule has 3 nitrogen and oxygen atoms in total. The Bertz CT molecular complexity index is 3840. The lowest BCUT2D eigenvalue weighted by Gasteiger charge is -2.17. The highest BCUT2D eigenvalue weighted by atomic mass is 32.1. The molecule has 272 valence electrons. The smallest absolute Gasteiger partial charge is 0.164 e. The van der Waals surface area contributed by atoms with Crippen molar-refractivity contribution in [3.63, 3.8) is 0 Å². The van der Waals surface area contributed by atoms with E-state index < -0.39 is 0 Å². The van der Waals surface area contributed by atoms with Crippen molar-refractivity contribution in [2.45, 2.75) is 0 Å². The fourth-order valence-electron chi connectivity index (χ4n) is 9.58. The van der Waals surface area contributed by atoms with Crippen LogP contribution in [0.1, 0.15) is 0 Å². The largest absolute Gasteiger partial charge is 0.208 e. The molecule has 0 radical (unpaired) electrons.